The Morgan fingerprint density at radius 1 is 1.05 bits per heavy atom. The third-order valence-corrected chi connectivity index (χ3v) is 7.04. The van der Waals surface area contributed by atoms with Crippen LogP contribution >= 0.6 is 0 Å². The van der Waals surface area contributed by atoms with Gasteiger partial charge in [0, 0.05) is 17.7 Å². The Balaban J connectivity index is 1.67. The number of aromatic amines is 1. The summed E-state index contributed by atoms with van der Waals surface area (Å²) in [6.45, 7) is 13.1. The molecule has 2 aromatic rings. The molecule has 1 aromatic carbocycles. The predicted octanol–water partition coefficient (Wildman–Crippen LogP) is 3.60. The number of rotatable bonds is 12. The zero-order valence-corrected chi connectivity index (χ0v) is 23.6. The van der Waals surface area contributed by atoms with Crippen LogP contribution in [0.3, 0.4) is 0 Å². The van der Waals surface area contributed by atoms with Gasteiger partial charge in [0.05, 0.1) is 13.2 Å². The van der Waals surface area contributed by atoms with Gasteiger partial charge in [-0.2, -0.15) is 0 Å². The van der Waals surface area contributed by atoms with Gasteiger partial charge in [0.2, 0.25) is 12.2 Å². The molecule has 1 fully saturated rings. The highest BCUT2D eigenvalue weighted by Gasteiger charge is 2.45. The Labute approximate surface area is 226 Å². The Bertz CT molecular complexity index is 1010. The van der Waals surface area contributed by atoms with Crippen molar-refractivity contribution in [3.63, 3.8) is 0 Å². The number of unbranched alkanes of at least 4 members (excludes halogenated alkanes) is 2. The minimum atomic E-state index is -1.52. The summed E-state index contributed by atoms with van der Waals surface area (Å²) in [6.07, 6.45) is -1.70. The van der Waals surface area contributed by atoms with E-state index in [1.807, 2.05) is 39.0 Å². The molecule has 0 bridgehead atoms. The fourth-order valence-corrected chi connectivity index (χ4v) is 4.65. The minimum absolute atomic E-state index is 0.130. The summed E-state index contributed by atoms with van der Waals surface area (Å²) < 4.78 is 17.4. The van der Waals surface area contributed by atoms with Gasteiger partial charge < -0.3 is 34.6 Å². The average Bonchev–Trinajstić information content (AvgIpc) is 3.24. The zero-order chi connectivity index (χ0) is 28.0. The first kappa shape index (κ1) is 30.4. The lowest BCUT2D eigenvalue weighted by Gasteiger charge is -2.39. The van der Waals surface area contributed by atoms with Crippen molar-refractivity contribution in [2.75, 3.05) is 13.2 Å². The Morgan fingerprint density at radius 3 is 2.42 bits per heavy atom. The molecule has 0 saturated carbocycles. The smallest absolute Gasteiger partial charge is 0.238 e. The van der Waals surface area contributed by atoms with Crippen LogP contribution < -0.4 is 9.47 Å². The van der Waals surface area contributed by atoms with E-state index < -0.39 is 37.3 Å². The van der Waals surface area contributed by atoms with Crippen LogP contribution in [0.5, 0.6) is 11.6 Å². The van der Waals surface area contributed by atoms with E-state index in [4.69, 9.17) is 14.2 Å². The number of aliphatic hydroxyl groups excluding tert-OH is 4. The van der Waals surface area contributed by atoms with Crippen LogP contribution in [0.4, 0.5) is 0 Å². The number of nitrogens with one attached hydrogen (secondary N) is 1. The van der Waals surface area contributed by atoms with Crippen molar-refractivity contribution >= 4 is 0 Å². The molecule has 1 aliphatic heterocycles. The first-order valence-corrected chi connectivity index (χ1v) is 13.7. The maximum absolute atomic E-state index is 10.4. The van der Waals surface area contributed by atoms with Crippen molar-refractivity contribution in [2.24, 2.45) is 5.41 Å². The molecule has 5 atom stereocenters. The molecular weight excluding hydrogens is 488 g/mol. The number of aliphatic hydroxyl groups is 4. The first-order chi connectivity index (χ1) is 17.9. The van der Waals surface area contributed by atoms with Gasteiger partial charge in [-0.1, -0.05) is 53.5 Å². The molecule has 1 aromatic heterocycles. The van der Waals surface area contributed by atoms with Crippen LogP contribution in [0.2, 0.25) is 0 Å². The van der Waals surface area contributed by atoms with Crippen molar-refractivity contribution in [2.45, 2.75) is 110 Å². The van der Waals surface area contributed by atoms with Crippen LogP contribution in [-0.2, 0) is 11.2 Å². The summed E-state index contributed by atoms with van der Waals surface area (Å²) in [5.74, 6) is 1.22. The lowest BCUT2D eigenvalue weighted by molar-refractivity contribution is -0.278. The number of ether oxygens (including phenoxy) is 3. The normalized spacial score (nSPS) is 24.1. The molecule has 9 nitrogen and oxygen atoms in total. The van der Waals surface area contributed by atoms with Gasteiger partial charge in [-0.3, -0.25) is 5.10 Å². The highest BCUT2D eigenvalue weighted by Crippen LogP contribution is 2.32. The largest absolute Gasteiger partial charge is 0.494 e. The van der Waals surface area contributed by atoms with Crippen LogP contribution in [0.25, 0.3) is 0 Å². The van der Waals surface area contributed by atoms with Gasteiger partial charge >= 0.3 is 0 Å². The molecule has 2 heterocycles. The quantitative estimate of drug-likeness (QED) is 0.261. The molecule has 9 heteroatoms. The van der Waals surface area contributed by atoms with Crippen molar-refractivity contribution in [3.8, 4) is 11.6 Å². The SMILES string of the molecule is Cc1cc(OCCCCCC(C)(C)C)ccc1Cc1c(O[C@@H]2O[C@H](CO)[C@@H](O)[C@H](O)[C@H]2O)n[nH]c1C(C)C. The highest BCUT2D eigenvalue weighted by molar-refractivity contribution is 5.42. The minimum Gasteiger partial charge on any atom is -0.494 e. The van der Waals surface area contributed by atoms with E-state index in [1.165, 1.54) is 12.8 Å². The number of aromatic nitrogens is 2. The van der Waals surface area contributed by atoms with E-state index in [0.29, 0.717) is 18.4 Å². The summed E-state index contributed by atoms with van der Waals surface area (Å²) >= 11 is 0. The Morgan fingerprint density at radius 2 is 1.79 bits per heavy atom. The maximum Gasteiger partial charge on any atom is 0.238 e. The monoisotopic (exact) mass is 534 g/mol. The van der Waals surface area contributed by atoms with Gasteiger partial charge in [-0.05, 0) is 54.4 Å². The predicted molar refractivity (Wildman–Crippen MR) is 144 cm³/mol. The van der Waals surface area contributed by atoms with Crippen molar-refractivity contribution < 1.29 is 34.6 Å². The Kier molecular flexibility index (Phi) is 10.6. The topological polar surface area (TPSA) is 137 Å². The highest BCUT2D eigenvalue weighted by atomic mass is 16.7. The van der Waals surface area contributed by atoms with E-state index in [2.05, 4.69) is 31.0 Å². The molecule has 3 rings (SSSR count). The first-order valence-electron chi connectivity index (χ1n) is 13.7. The average molecular weight is 535 g/mol. The van der Waals surface area contributed by atoms with Crippen molar-refractivity contribution in [1.29, 1.82) is 0 Å². The third kappa shape index (κ3) is 7.93. The molecular formula is C29H46N2O7. The lowest BCUT2D eigenvalue weighted by atomic mass is 9.89. The number of H-pyrrole nitrogens is 1. The molecule has 1 saturated heterocycles. The second-order valence-electron chi connectivity index (χ2n) is 11.9. The summed E-state index contributed by atoms with van der Waals surface area (Å²) in [4.78, 5) is 0. The van der Waals surface area contributed by atoms with Gasteiger partial charge in [-0.15, -0.1) is 5.10 Å². The van der Waals surface area contributed by atoms with Crippen molar-refractivity contribution in [3.05, 3.63) is 40.6 Å². The number of nitrogens with zero attached hydrogens (tertiary/aromatic N) is 1. The molecule has 0 amide bonds. The fraction of sp³-hybridized carbons (Fsp3) is 0.690. The van der Waals surface area contributed by atoms with Gasteiger partial charge in [-0.25, -0.2) is 0 Å². The van der Waals surface area contributed by atoms with Gasteiger partial charge in [0.25, 0.3) is 0 Å². The van der Waals surface area contributed by atoms with Crippen LogP contribution in [0.15, 0.2) is 18.2 Å². The number of benzene rings is 1. The second-order valence-corrected chi connectivity index (χ2v) is 11.9. The van der Waals surface area contributed by atoms with Crippen molar-refractivity contribution in [1.82, 2.24) is 10.2 Å². The molecule has 38 heavy (non-hydrogen) atoms. The molecule has 0 aliphatic carbocycles. The number of hydrogen-bond donors (Lipinski definition) is 5. The summed E-state index contributed by atoms with van der Waals surface area (Å²) in [5, 5.41) is 47.4. The standard InChI is InChI=1S/C29H46N2O7/c1-17(2)23-21(27(31-30-23)38-28-26(35)25(34)24(33)22(16-32)37-28)15-19-10-11-20(14-18(19)3)36-13-9-7-8-12-29(4,5)6/h10-11,14,17,22,24-26,28,32-35H,7-9,12-13,15-16H2,1-6H3,(H,30,31)/t22-,24-,25+,26-,28+/m1/s1. The van der Waals surface area contributed by atoms with Gasteiger partial charge in [0.15, 0.2) is 0 Å². The fourth-order valence-electron chi connectivity index (χ4n) is 4.65. The summed E-state index contributed by atoms with van der Waals surface area (Å²) in [6, 6.07) is 6.06. The van der Waals surface area contributed by atoms with E-state index in [-0.39, 0.29) is 11.8 Å². The van der Waals surface area contributed by atoms with E-state index in [0.717, 1.165) is 41.0 Å². The molecule has 0 spiro atoms. The zero-order valence-electron chi connectivity index (χ0n) is 23.6. The second kappa shape index (κ2) is 13.3. The van der Waals surface area contributed by atoms with E-state index in [9.17, 15) is 20.4 Å². The lowest BCUT2D eigenvalue weighted by Crippen LogP contribution is -2.60. The van der Waals surface area contributed by atoms with Gasteiger partial charge in [0.1, 0.15) is 30.2 Å². The molecule has 0 unspecified atom stereocenters. The Hall–Kier alpha value is -2.17. The third-order valence-electron chi connectivity index (χ3n) is 7.04. The number of aryl methyl sites for hydroxylation is 1. The summed E-state index contributed by atoms with van der Waals surface area (Å²) in [7, 11) is 0. The van der Waals surface area contributed by atoms with Crippen LogP contribution in [-0.4, -0.2) is 74.5 Å². The van der Waals surface area contributed by atoms with Crippen LogP contribution in [0, 0.1) is 12.3 Å². The molecule has 214 valence electrons. The van der Waals surface area contributed by atoms with Crippen LogP contribution in [0.1, 0.15) is 88.6 Å². The molecule has 5 N–H and O–H groups in total. The molecule has 1 aliphatic rings. The number of hydrogen-bond acceptors (Lipinski definition) is 8. The summed E-state index contributed by atoms with van der Waals surface area (Å²) in [5.41, 5.74) is 4.22. The molecule has 0 radical (unpaired) electrons. The van der Waals surface area contributed by atoms with E-state index >= 15 is 0 Å². The maximum atomic E-state index is 10.4. The van der Waals surface area contributed by atoms with E-state index in [1.54, 1.807) is 0 Å².